The molecule has 3 N–H and O–H groups in total. The van der Waals surface area contributed by atoms with Crippen LogP contribution >= 0.6 is 0 Å². The Bertz CT molecular complexity index is 1190. The van der Waals surface area contributed by atoms with E-state index in [9.17, 15) is 10.2 Å². The molecule has 1 heterocycles. The molecule has 29 heavy (non-hydrogen) atoms. The lowest BCUT2D eigenvalue weighted by Crippen LogP contribution is -2.05. The summed E-state index contributed by atoms with van der Waals surface area (Å²) in [6, 6.07) is 19.2. The molecule has 148 valence electrons. The molecule has 0 radical (unpaired) electrons. The minimum Gasteiger partial charge on any atom is -0.456 e. The number of nitrogens with one attached hydrogen (secondary N) is 1. The first-order valence-electron chi connectivity index (χ1n) is 9.82. The van der Waals surface area contributed by atoms with Crippen LogP contribution in [0.5, 0.6) is 0 Å². The molecule has 0 amide bonds. The number of aliphatic hydroxyl groups excluding tert-OH is 1. The Morgan fingerprint density at radius 3 is 2.55 bits per heavy atom. The maximum Gasteiger partial charge on any atom is 0.179 e. The number of nitrogens with zero attached hydrogens (tertiary/aromatic N) is 1. The summed E-state index contributed by atoms with van der Waals surface area (Å²) < 4.78 is 6.26. The Labute approximate surface area is 169 Å². The zero-order valence-electron chi connectivity index (χ0n) is 16.5. The van der Waals surface area contributed by atoms with Crippen molar-refractivity contribution in [3.05, 3.63) is 71.6 Å². The van der Waals surface area contributed by atoms with Crippen molar-refractivity contribution >= 4 is 16.7 Å². The van der Waals surface area contributed by atoms with Gasteiger partial charge in [0.05, 0.1) is 5.36 Å². The predicted molar refractivity (Wildman–Crippen MR) is 116 cm³/mol. The van der Waals surface area contributed by atoms with Crippen LogP contribution in [-0.4, -0.2) is 23.3 Å². The van der Waals surface area contributed by atoms with E-state index in [0.717, 1.165) is 45.2 Å². The quantitative estimate of drug-likeness (QED) is 0.346. The predicted octanol–water partition coefficient (Wildman–Crippen LogP) is 4.54. The summed E-state index contributed by atoms with van der Waals surface area (Å²) in [6.07, 6.45) is -1.57. The standard InChI is InChI=1S/C24H24N2O3/c1-3-25-15-9-11-19-21(13-15)29-22-14-16(26-4-2)10-12-20(22)23(19)17-7-5-6-8-18(17)24(27)28/h5-14,24-25,27-28H,3-4H2,1-2H3/b26-16+. The Hall–Kier alpha value is -3.15. The summed E-state index contributed by atoms with van der Waals surface area (Å²) >= 11 is 0. The molecule has 2 aliphatic rings. The number of rotatable bonds is 5. The maximum atomic E-state index is 9.95. The van der Waals surface area contributed by atoms with Gasteiger partial charge in [0, 0.05) is 53.0 Å². The molecule has 0 bridgehead atoms. The minimum atomic E-state index is -1.57. The third kappa shape index (κ3) is 3.62. The fraction of sp³-hybridized carbons (Fsp3) is 0.208. The van der Waals surface area contributed by atoms with Crippen molar-refractivity contribution in [3.8, 4) is 22.5 Å². The van der Waals surface area contributed by atoms with Crippen molar-refractivity contribution in [1.29, 1.82) is 0 Å². The van der Waals surface area contributed by atoms with Crippen LogP contribution in [0.25, 0.3) is 33.4 Å². The van der Waals surface area contributed by atoms with Gasteiger partial charge in [0.15, 0.2) is 6.29 Å². The van der Waals surface area contributed by atoms with E-state index in [1.807, 2.05) is 62.4 Å². The first-order valence-corrected chi connectivity index (χ1v) is 9.82. The van der Waals surface area contributed by atoms with Crippen LogP contribution < -0.4 is 10.7 Å². The normalized spacial score (nSPS) is 12.2. The minimum absolute atomic E-state index is 0.458. The molecule has 4 rings (SSSR count). The van der Waals surface area contributed by atoms with Crippen LogP contribution in [0, 0.1) is 0 Å². The number of hydrogen-bond acceptors (Lipinski definition) is 5. The lowest BCUT2D eigenvalue weighted by Gasteiger charge is -2.19. The molecule has 0 atom stereocenters. The Morgan fingerprint density at radius 2 is 1.79 bits per heavy atom. The Morgan fingerprint density at radius 1 is 0.966 bits per heavy atom. The van der Waals surface area contributed by atoms with Crippen molar-refractivity contribution in [2.24, 2.45) is 4.99 Å². The lowest BCUT2D eigenvalue weighted by atomic mass is 9.90. The molecule has 0 fully saturated rings. The highest BCUT2D eigenvalue weighted by molar-refractivity contribution is 6.03. The molecule has 0 spiro atoms. The van der Waals surface area contributed by atoms with Gasteiger partial charge >= 0.3 is 0 Å². The van der Waals surface area contributed by atoms with E-state index in [-0.39, 0.29) is 0 Å². The van der Waals surface area contributed by atoms with Gasteiger partial charge in [0.1, 0.15) is 11.3 Å². The van der Waals surface area contributed by atoms with Gasteiger partial charge in [-0.2, -0.15) is 0 Å². The number of fused-ring (bicyclic) bond motifs is 2. The van der Waals surface area contributed by atoms with E-state index in [1.165, 1.54) is 0 Å². The summed E-state index contributed by atoms with van der Waals surface area (Å²) in [5.74, 6) is 0.707. The van der Waals surface area contributed by atoms with Crippen LogP contribution in [0.1, 0.15) is 25.7 Å². The SMILES string of the molecule is CC/N=c1\ccc2c(-c3ccccc3C(O)O)c3ccc(NCC)cc3oc-2c1. The van der Waals surface area contributed by atoms with E-state index in [4.69, 9.17) is 4.42 Å². The van der Waals surface area contributed by atoms with Gasteiger partial charge < -0.3 is 19.9 Å². The summed E-state index contributed by atoms with van der Waals surface area (Å²) in [4.78, 5) is 4.48. The molecule has 0 saturated carbocycles. The number of hydrogen-bond donors (Lipinski definition) is 3. The number of aliphatic hydroxyl groups is 2. The van der Waals surface area contributed by atoms with Gasteiger partial charge in [-0.15, -0.1) is 0 Å². The largest absolute Gasteiger partial charge is 0.456 e. The van der Waals surface area contributed by atoms with Crippen molar-refractivity contribution < 1.29 is 14.6 Å². The molecule has 1 aliphatic carbocycles. The highest BCUT2D eigenvalue weighted by Crippen LogP contribution is 2.42. The fourth-order valence-electron chi connectivity index (χ4n) is 3.71. The van der Waals surface area contributed by atoms with Crippen molar-refractivity contribution in [2.75, 3.05) is 18.4 Å². The monoisotopic (exact) mass is 388 g/mol. The molecular weight excluding hydrogens is 364 g/mol. The molecule has 0 aromatic heterocycles. The average molecular weight is 388 g/mol. The molecule has 2 aromatic rings. The van der Waals surface area contributed by atoms with Crippen molar-refractivity contribution in [2.45, 2.75) is 20.1 Å². The van der Waals surface area contributed by atoms with Gasteiger partial charge in [-0.05, 0) is 43.7 Å². The van der Waals surface area contributed by atoms with Gasteiger partial charge in [-0.25, -0.2) is 0 Å². The van der Waals surface area contributed by atoms with Crippen molar-refractivity contribution in [1.82, 2.24) is 0 Å². The molecule has 2 aromatic carbocycles. The second-order valence-corrected chi connectivity index (χ2v) is 6.83. The van der Waals surface area contributed by atoms with Gasteiger partial charge in [-0.3, -0.25) is 4.99 Å². The van der Waals surface area contributed by atoms with E-state index >= 15 is 0 Å². The average Bonchev–Trinajstić information content (AvgIpc) is 2.72. The van der Waals surface area contributed by atoms with E-state index in [0.29, 0.717) is 17.9 Å². The third-order valence-corrected chi connectivity index (χ3v) is 4.94. The van der Waals surface area contributed by atoms with Gasteiger partial charge in [0.25, 0.3) is 0 Å². The number of anilines is 1. The highest BCUT2D eigenvalue weighted by Gasteiger charge is 2.20. The summed E-state index contributed by atoms with van der Waals surface area (Å²) in [6.45, 7) is 5.54. The van der Waals surface area contributed by atoms with E-state index in [2.05, 4.69) is 10.3 Å². The van der Waals surface area contributed by atoms with Crippen LogP contribution in [0.2, 0.25) is 0 Å². The summed E-state index contributed by atoms with van der Waals surface area (Å²) in [7, 11) is 0. The molecule has 5 nitrogen and oxygen atoms in total. The second kappa shape index (κ2) is 8.07. The summed E-state index contributed by atoms with van der Waals surface area (Å²) in [5, 5.41) is 25.0. The lowest BCUT2D eigenvalue weighted by molar-refractivity contribution is -0.0420. The zero-order valence-corrected chi connectivity index (χ0v) is 16.5. The first kappa shape index (κ1) is 19.2. The molecule has 5 heteroatoms. The van der Waals surface area contributed by atoms with E-state index < -0.39 is 6.29 Å². The zero-order chi connectivity index (χ0) is 20.4. The molecular formula is C24H24N2O3. The van der Waals surface area contributed by atoms with Gasteiger partial charge in [-0.1, -0.05) is 24.3 Å². The maximum absolute atomic E-state index is 9.95. The Balaban J connectivity index is 2.11. The summed E-state index contributed by atoms with van der Waals surface area (Å²) in [5.41, 5.74) is 4.73. The second-order valence-electron chi connectivity index (χ2n) is 6.83. The molecule has 0 unspecified atom stereocenters. The van der Waals surface area contributed by atoms with Crippen LogP contribution in [0.15, 0.2) is 70.1 Å². The smallest absolute Gasteiger partial charge is 0.179 e. The van der Waals surface area contributed by atoms with Gasteiger partial charge in [0.2, 0.25) is 0 Å². The van der Waals surface area contributed by atoms with Crippen LogP contribution in [0.4, 0.5) is 5.69 Å². The highest BCUT2D eigenvalue weighted by atomic mass is 16.5. The van der Waals surface area contributed by atoms with Crippen molar-refractivity contribution in [3.63, 3.8) is 0 Å². The first-order chi connectivity index (χ1) is 14.1. The Kier molecular flexibility index (Phi) is 5.34. The number of benzene rings is 3. The third-order valence-electron chi connectivity index (χ3n) is 4.94. The molecule has 1 aliphatic heterocycles. The van der Waals surface area contributed by atoms with Crippen LogP contribution in [0.3, 0.4) is 0 Å². The fourth-order valence-corrected chi connectivity index (χ4v) is 3.71. The van der Waals surface area contributed by atoms with Crippen LogP contribution in [-0.2, 0) is 0 Å². The topological polar surface area (TPSA) is 78.0 Å². The molecule has 0 saturated heterocycles. The van der Waals surface area contributed by atoms with E-state index in [1.54, 1.807) is 12.1 Å².